The van der Waals surface area contributed by atoms with E-state index >= 15 is 0 Å². The molecule has 31 heavy (non-hydrogen) atoms. The molecule has 1 saturated carbocycles. The molecule has 3 aromatic rings. The molecule has 2 aliphatic rings. The number of carbonyl (C=O) groups is 1. The molecule has 1 aliphatic carbocycles. The smallest absolute Gasteiger partial charge is 0.170 e. The summed E-state index contributed by atoms with van der Waals surface area (Å²) in [5.41, 5.74) is 4.16. The Morgan fingerprint density at radius 1 is 1.00 bits per heavy atom. The van der Waals surface area contributed by atoms with Gasteiger partial charge in [0, 0.05) is 17.8 Å². The minimum absolute atomic E-state index is 0.0175. The van der Waals surface area contributed by atoms with Gasteiger partial charge in [0.25, 0.3) is 0 Å². The van der Waals surface area contributed by atoms with Crippen molar-refractivity contribution in [3.8, 4) is 16.9 Å². The molecule has 0 atom stereocenters. The van der Waals surface area contributed by atoms with Crippen LogP contribution in [-0.4, -0.2) is 11.4 Å². The van der Waals surface area contributed by atoms with Crippen molar-refractivity contribution in [2.45, 2.75) is 44.8 Å². The lowest BCUT2D eigenvalue weighted by Crippen LogP contribution is -2.47. The fourth-order valence-corrected chi connectivity index (χ4v) is 4.47. The second-order valence-corrected chi connectivity index (χ2v) is 8.53. The molecule has 0 amide bonds. The molecule has 5 heteroatoms. The monoisotopic (exact) mass is 419 g/mol. The number of benzene rings is 3. The largest absolute Gasteiger partial charge is 0.486 e. The van der Waals surface area contributed by atoms with Crippen LogP contribution in [0.25, 0.3) is 11.1 Å². The number of fused-ring (bicyclic) bond motifs is 1. The summed E-state index contributed by atoms with van der Waals surface area (Å²) in [7, 11) is 0. The van der Waals surface area contributed by atoms with Gasteiger partial charge in [-0.15, -0.1) is 0 Å². The number of carbonyl (C=O) groups excluding carboxylic acids is 1. The van der Waals surface area contributed by atoms with Crippen LogP contribution in [0, 0.1) is 18.6 Å². The standard InChI is InChI=1S/C26H23F2NO2/c1-16-12-20-24(30)14-26(10-3-11-26)31-25(20)13-19(16)17-6-8-18(9-7-17)29-15-21-22(27)4-2-5-23(21)28/h2,4-9,12-13,29H,3,10-11,14-15H2,1H3. The van der Waals surface area contributed by atoms with E-state index in [0.717, 1.165) is 41.6 Å². The van der Waals surface area contributed by atoms with Crippen LogP contribution in [0.2, 0.25) is 0 Å². The van der Waals surface area contributed by atoms with Crippen LogP contribution >= 0.6 is 0 Å². The Bertz CT molecular complexity index is 1150. The third-order valence-corrected chi connectivity index (χ3v) is 6.43. The molecular formula is C26H23F2NO2. The maximum Gasteiger partial charge on any atom is 0.170 e. The summed E-state index contributed by atoms with van der Waals surface area (Å²) in [6.07, 6.45) is 3.45. The summed E-state index contributed by atoms with van der Waals surface area (Å²) in [5.74, 6) is -0.288. The molecule has 1 N–H and O–H groups in total. The van der Waals surface area contributed by atoms with E-state index in [1.807, 2.05) is 43.3 Å². The number of anilines is 1. The summed E-state index contributed by atoms with van der Waals surface area (Å²) in [4.78, 5) is 12.6. The maximum absolute atomic E-state index is 13.8. The summed E-state index contributed by atoms with van der Waals surface area (Å²) < 4.78 is 33.9. The maximum atomic E-state index is 13.8. The number of nitrogens with one attached hydrogen (secondary N) is 1. The summed E-state index contributed by atoms with van der Waals surface area (Å²) >= 11 is 0. The van der Waals surface area contributed by atoms with E-state index in [2.05, 4.69) is 5.32 Å². The SMILES string of the molecule is Cc1cc2c(cc1-c1ccc(NCc3c(F)cccc3F)cc1)OC1(CCC1)CC2=O. The van der Waals surface area contributed by atoms with Crippen molar-refractivity contribution in [3.63, 3.8) is 0 Å². The van der Waals surface area contributed by atoms with Gasteiger partial charge >= 0.3 is 0 Å². The van der Waals surface area contributed by atoms with E-state index < -0.39 is 11.6 Å². The average molecular weight is 419 g/mol. The third kappa shape index (κ3) is 3.58. The Hall–Kier alpha value is -3.21. The first-order chi connectivity index (χ1) is 14.9. The van der Waals surface area contributed by atoms with Gasteiger partial charge in [-0.3, -0.25) is 4.79 Å². The van der Waals surface area contributed by atoms with Gasteiger partial charge in [-0.1, -0.05) is 18.2 Å². The molecule has 0 unspecified atom stereocenters. The molecule has 1 fully saturated rings. The van der Waals surface area contributed by atoms with Gasteiger partial charge in [-0.05, 0) is 79.3 Å². The highest BCUT2D eigenvalue weighted by atomic mass is 19.1. The van der Waals surface area contributed by atoms with E-state index in [1.54, 1.807) is 0 Å². The number of hydrogen-bond donors (Lipinski definition) is 1. The van der Waals surface area contributed by atoms with Gasteiger partial charge in [0.05, 0.1) is 12.0 Å². The topological polar surface area (TPSA) is 38.3 Å². The Labute approximate surface area is 180 Å². The lowest BCUT2D eigenvalue weighted by Gasteiger charge is -2.44. The van der Waals surface area contributed by atoms with E-state index in [1.165, 1.54) is 18.2 Å². The zero-order chi connectivity index (χ0) is 21.6. The molecule has 1 spiro atoms. The zero-order valence-electron chi connectivity index (χ0n) is 17.3. The molecule has 1 aliphatic heterocycles. The normalized spacial score (nSPS) is 16.4. The van der Waals surface area contributed by atoms with Gasteiger partial charge < -0.3 is 10.1 Å². The number of halogens is 2. The molecule has 5 rings (SSSR count). The van der Waals surface area contributed by atoms with Crippen molar-refractivity contribution in [2.24, 2.45) is 0 Å². The first kappa shape index (κ1) is 19.7. The van der Waals surface area contributed by atoms with E-state index in [4.69, 9.17) is 4.74 Å². The third-order valence-electron chi connectivity index (χ3n) is 6.43. The van der Waals surface area contributed by atoms with Gasteiger partial charge in [0.2, 0.25) is 0 Å². The van der Waals surface area contributed by atoms with Crippen LogP contribution in [0.3, 0.4) is 0 Å². The van der Waals surface area contributed by atoms with Crippen LogP contribution in [0.4, 0.5) is 14.5 Å². The summed E-state index contributed by atoms with van der Waals surface area (Å²) in [6, 6.07) is 15.4. The lowest BCUT2D eigenvalue weighted by molar-refractivity contribution is -0.0177. The van der Waals surface area contributed by atoms with E-state index in [-0.39, 0.29) is 23.5 Å². The van der Waals surface area contributed by atoms with Crippen molar-refractivity contribution in [3.05, 3.63) is 82.9 Å². The van der Waals surface area contributed by atoms with Crippen molar-refractivity contribution < 1.29 is 18.3 Å². The number of ketones is 1. The fourth-order valence-electron chi connectivity index (χ4n) is 4.47. The van der Waals surface area contributed by atoms with Crippen molar-refractivity contribution in [1.82, 2.24) is 0 Å². The quantitative estimate of drug-likeness (QED) is 0.529. The molecule has 0 aromatic heterocycles. The van der Waals surface area contributed by atoms with Crippen LogP contribution in [-0.2, 0) is 6.54 Å². The van der Waals surface area contributed by atoms with Crippen LogP contribution in [0.5, 0.6) is 5.75 Å². The first-order valence-electron chi connectivity index (χ1n) is 10.6. The van der Waals surface area contributed by atoms with Crippen molar-refractivity contribution >= 4 is 11.5 Å². The molecule has 158 valence electrons. The van der Waals surface area contributed by atoms with Crippen LogP contribution in [0.15, 0.2) is 54.6 Å². The highest BCUT2D eigenvalue weighted by Crippen LogP contribution is 2.46. The van der Waals surface area contributed by atoms with Crippen LogP contribution in [0.1, 0.15) is 47.2 Å². The van der Waals surface area contributed by atoms with Crippen LogP contribution < -0.4 is 10.1 Å². The number of rotatable bonds is 4. The molecule has 0 bridgehead atoms. The Morgan fingerprint density at radius 3 is 2.35 bits per heavy atom. The Balaban J connectivity index is 1.37. The number of Topliss-reactive ketones (excluding diaryl/α,β-unsaturated/α-hetero) is 1. The highest BCUT2D eigenvalue weighted by molar-refractivity contribution is 6.01. The molecule has 3 nitrogen and oxygen atoms in total. The number of hydrogen-bond acceptors (Lipinski definition) is 3. The minimum atomic E-state index is -0.562. The van der Waals surface area contributed by atoms with Gasteiger partial charge in [-0.25, -0.2) is 8.78 Å². The lowest BCUT2D eigenvalue weighted by atomic mass is 9.74. The average Bonchev–Trinajstić information content (AvgIpc) is 2.73. The molecule has 0 radical (unpaired) electrons. The van der Waals surface area contributed by atoms with Gasteiger partial charge in [0.15, 0.2) is 5.78 Å². The zero-order valence-corrected chi connectivity index (χ0v) is 17.3. The fraction of sp³-hybridized carbons (Fsp3) is 0.269. The predicted octanol–water partition coefficient (Wildman–Crippen LogP) is 6.44. The second-order valence-electron chi connectivity index (χ2n) is 8.53. The minimum Gasteiger partial charge on any atom is -0.486 e. The molecular weight excluding hydrogens is 396 g/mol. The number of aryl methyl sites for hydroxylation is 1. The van der Waals surface area contributed by atoms with E-state index in [9.17, 15) is 13.6 Å². The number of ether oxygens (including phenoxy) is 1. The summed E-state index contributed by atoms with van der Waals surface area (Å²) in [5, 5.41) is 3.07. The molecule has 1 heterocycles. The Kier molecular flexibility index (Phi) is 4.77. The highest BCUT2D eigenvalue weighted by Gasteiger charge is 2.45. The Morgan fingerprint density at radius 2 is 1.71 bits per heavy atom. The van der Waals surface area contributed by atoms with E-state index in [0.29, 0.717) is 17.7 Å². The first-order valence-corrected chi connectivity index (χ1v) is 10.6. The van der Waals surface area contributed by atoms with Crippen molar-refractivity contribution in [1.29, 1.82) is 0 Å². The van der Waals surface area contributed by atoms with Gasteiger partial charge in [0.1, 0.15) is 23.0 Å². The second kappa shape index (κ2) is 7.49. The molecule has 0 saturated heterocycles. The van der Waals surface area contributed by atoms with Crippen molar-refractivity contribution in [2.75, 3.05) is 5.32 Å². The predicted molar refractivity (Wildman–Crippen MR) is 116 cm³/mol. The molecule has 3 aromatic carbocycles. The van der Waals surface area contributed by atoms with Gasteiger partial charge in [-0.2, -0.15) is 0 Å². The summed E-state index contributed by atoms with van der Waals surface area (Å²) in [6.45, 7) is 2.05.